The Morgan fingerprint density at radius 3 is 2.49 bits per heavy atom. The highest BCUT2D eigenvalue weighted by molar-refractivity contribution is 14.1. The molecule has 0 spiro atoms. The van der Waals surface area contributed by atoms with E-state index in [1.54, 1.807) is 10.9 Å². The highest BCUT2D eigenvalue weighted by atomic mass is 127. The van der Waals surface area contributed by atoms with E-state index in [1.807, 2.05) is 18.6 Å². The Morgan fingerprint density at radius 1 is 1.23 bits per heavy atom. The number of amides is 3. The lowest BCUT2D eigenvalue weighted by Crippen LogP contribution is -2.35. The Morgan fingerprint density at radius 2 is 1.91 bits per heavy atom. The zero-order chi connectivity index (χ0) is 26.1. The van der Waals surface area contributed by atoms with Crippen molar-refractivity contribution in [1.82, 2.24) is 29.2 Å². The van der Waals surface area contributed by atoms with Gasteiger partial charge in [-0.05, 0) is 23.6 Å². The lowest BCUT2D eigenvalue weighted by molar-refractivity contribution is 0.0817. The molecule has 0 aliphatic carbocycles. The first-order chi connectivity index (χ1) is 16.3. The maximum atomic E-state index is 14.4. The van der Waals surface area contributed by atoms with Gasteiger partial charge >= 0.3 is 6.03 Å². The first-order valence-corrected chi connectivity index (χ1v) is 13.4. The van der Waals surface area contributed by atoms with E-state index < -0.39 is 32.8 Å². The Kier molecular flexibility index (Phi) is 7.83. The van der Waals surface area contributed by atoms with Crippen molar-refractivity contribution in [3.8, 4) is 11.1 Å². The van der Waals surface area contributed by atoms with E-state index in [9.17, 15) is 22.4 Å². The van der Waals surface area contributed by atoms with Crippen LogP contribution in [0, 0.1) is 5.82 Å². The van der Waals surface area contributed by atoms with Crippen LogP contribution < -0.4 is 10.0 Å². The largest absolute Gasteiger partial charge is 0.343 e. The molecule has 0 saturated heterocycles. The maximum absolute atomic E-state index is 14.4. The molecule has 0 aliphatic heterocycles. The van der Waals surface area contributed by atoms with Gasteiger partial charge in [-0.25, -0.2) is 13.9 Å². The second kappa shape index (κ2) is 10.3. The number of hydrogen-bond acceptors (Lipinski definition) is 6. The number of urea groups is 1. The number of hydrogen-bond donors (Lipinski definition) is 2. The van der Waals surface area contributed by atoms with E-state index in [0.717, 1.165) is 10.7 Å². The number of carbonyl (C=O) groups is 2. The van der Waals surface area contributed by atoms with Gasteiger partial charge in [-0.2, -0.15) is 18.6 Å². The summed E-state index contributed by atoms with van der Waals surface area (Å²) in [5.74, 6) is -1.14. The van der Waals surface area contributed by atoms with Crippen LogP contribution in [0.15, 0.2) is 35.6 Å². The third-order valence-corrected chi connectivity index (χ3v) is 6.95. The number of aromatic nitrogens is 4. The van der Waals surface area contributed by atoms with Gasteiger partial charge in [-0.3, -0.25) is 14.2 Å². The number of sulfonamides is 1. The first-order valence-electron chi connectivity index (χ1n) is 10.4. The number of halogens is 2. The summed E-state index contributed by atoms with van der Waals surface area (Å²) >= 11 is 2.12. The van der Waals surface area contributed by atoms with Crippen LogP contribution in [0.4, 0.5) is 14.9 Å². The SMILES string of the molecule is CC(C)c1cc(F)cc(-c2cnn(CI)c2)c1NC(=O)NS(=O)(=O)c1cc(C(=O)N(C)C)n(C)n1. The molecule has 11 nitrogen and oxygen atoms in total. The van der Waals surface area contributed by atoms with Crippen molar-refractivity contribution in [1.29, 1.82) is 0 Å². The molecule has 2 aromatic heterocycles. The van der Waals surface area contributed by atoms with E-state index in [2.05, 4.69) is 38.1 Å². The van der Waals surface area contributed by atoms with Crippen molar-refractivity contribution < 1.29 is 22.4 Å². The number of anilines is 1. The average molecular weight is 617 g/mol. The number of benzene rings is 1. The summed E-state index contributed by atoms with van der Waals surface area (Å²) in [4.78, 5) is 26.3. The second-order valence-electron chi connectivity index (χ2n) is 8.21. The molecule has 0 radical (unpaired) electrons. The Bertz CT molecular complexity index is 1380. The highest BCUT2D eigenvalue weighted by Gasteiger charge is 2.26. The smallest absolute Gasteiger partial charge is 0.333 e. The minimum absolute atomic E-state index is 0.0333. The Balaban J connectivity index is 1.95. The molecular weight excluding hydrogens is 592 g/mol. The van der Waals surface area contributed by atoms with E-state index >= 15 is 0 Å². The molecule has 2 heterocycles. The standard InChI is InChI=1S/C21H25FIN7O4S/c1-12(2)15-6-14(22)7-16(13-9-24-30(10-13)11-23)19(15)25-21(32)27-35(33,34)18-8-17(29(5)26-18)20(31)28(3)4/h6-10,12H,11H2,1-5H3,(H2,25,27,32). The number of nitrogens with one attached hydrogen (secondary N) is 2. The van der Waals surface area contributed by atoms with Crippen LogP contribution in [0.1, 0.15) is 35.8 Å². The summed E-state index contributed by atoms with van der Waals surface area (Å²) in [7, 11) is 0.0456. The molecular formula is C21H25FIN7O4S. The van der Waals surface area contributed by atoms with Crippen LogP contribution in [0.25, 0.3) is 11.1 Å². The molecule has 1 aromatic carbocycles. The summed E-state index contributed by atoms with van der Waals surface area (Å²) in [5.41, 5.74) is 1.68. The zero-order valence-corrected chi connectivity index (χ0v) is 22.7. The average Bonchev–Trinajstić information content (AvgIpc) is 3.40. The summed E-state index contributed by atoms with van der Waals surface area (Å²) in [6, 6.07) is 2.56. The van der Waals surface area contributed by atoms with Crippen molar-refractivity contribution in [3.05, 3.63) is 47.7 Å². The fourth-order valence-electron chi connectivity index (χ4n) is 3.33. The van der Waals surface area contributed by atoms with Gasteiger partial charge in [0.15, 0.2) is 5.03 Å². The Labute approximate surface area is 215 Å². The van der Waals surface area contributed by atoms with Crippen LogP contribution in [-0.4, -0.2) is 58.9 Å². The van der Waals surface area contributed by atoms with E-state index in [1.165, 1.54) is 44.4 Å². The lowest BCUT2D eigenvalue weighted by atomic mass is 9.95. The molecule has 0 atom stereocenters. The third kappa shape index (κ3) is 5.80. The minimum atomic E-state index is -4.42. The molecule has 0 fully saturated rings. The summed E-state index contributed by atoms with van der Waals surface area (Å²) in [6.45, 7) is 3.65. The van der Waals surface area contributed by atoms with Gasteiger partial charge in [-0.15, -0.1) is 0 Å². The van der Waals surface area contributed by atoms with E-state index in [4.69, 9.17) is 0 Å². The quantitative estimate of drug-likeness (QED) is 0.310. The first kappa shape index (κ1) is 26.6. The van der Waals surface area contributed by atoms with Crippen molar-refractivity contribution in [2.24, 2.45) is 7.05 Å². The molecule has 0 unspecified atom stereocenters. The zero-order valence-electron chi connectivity index (χ0n) is 19.7. The van der Waals surface area contributed by atoms with Gasteiger partial charge in [0.2, 0.25) is 0 Å². The molecule has 3 rings (SSSR count). The molecule has 3 amide bonds. The van der Waals surface area contributed by atoms with Gasteiger partial charge in [0.25, 0.3) is 15.9 Å². The molecule has 188 valence electrons. The van der Waals surface area contributed by atoms with Gasteiger partial charge in [0, 0.05) is 44.5 Å². The molecule has 0 aliphatic rings. The molecule has 3 aromatic rings. The van der Waals surface area contributed by atoms with Gasteiger partial charge < -0.3 is 10.2 Å². The summed E-state index contributed by atoms with van der Waals surface area (Å²) in [5, 5.41) is 10.1. The fourth-order valence-corrected chi connectivity index (χ4v) is 4.60. The molecule has 0 saturated carbocycles. The highest BCUT2D eigenvalue weighted by Crippen LogP contribution is 2.36. The number of rotatable bonds is 7. The number of aryl methyl sites for hydroxylation is 1. The van der Waals surface area contributed by atoms with Crippen molar-refractivity contribution >= 4 is 50.2 Å². The second-order valence-corrected chi connectivity index (χ2v) is 10.5. The normalized spacial score (nSPS) is 11.5. The van der Waals surface area contributed by atoms with E-state index in [-0.39, 0.29) is 17.3 Å². The van der Waals surface area contributed by atoms with Gasteiger partial charge in [0.1, 0.15) is 11.5 Å². The summed E-state index contributed by atoms with van der Waals surface area (Å²) < 4.78 is 45.3. The molecule has 35 heavy (non-hydrogen) atoms. The lowest BCUT2D eigenvalue weighted by Gasteiger charge is -2.18. The summed E-state index contributed by atoms with van der Waals surface area (Å²) in [6.07, 6.45) is 3.23. The Hall–Kier alpha value is -3.01. The van der Waals surface area contributed by atoms with Crippen LogP contribution in [0.2, 0.25) is 0 Å². The van der Waals surface area contributed by atoms with Crippen molar-refractivity contribution in [3.63, 3.8) is 0 Å². The van der Waals surface area contributed by atoms with Crippen LogP contribution in [-0.2, 0) is 21.6 Å². The fraction of sp³-hybridized carbons (Fsp3) is 0.333. The topological polar surface area (TPSA) is 131 Å². The van der Waals surface area contributed by atoms with Gasteiger partial charge in [0.05, 0.1) is 16.4 Å². The third-order valence-electron chi connectivity index (χ3n) is 5.05. The maximum Gasteiger partial charge on any atom is 0.333 e. The minimum Gasteiger partial charge on any atom is -0.343 e. The monoisotopic (exact) mass is 617 g/mol. The number of nitrogens with zero attached hydrogens (tertiary/aromatic N) is 5. The van der Waals surface area contributed by atoms with Crippen LogP contribution in [0.5, 0.6) is 0 Å². The van der Waals surface area contributed by atoms with Crippen molar-refractivity contribution in [2.75, 3.05) is 19.4 Å². The van der Waals surface area contributed by atoms with Gasteiger partial charge in [-0.1, -0.05) is 36.4 Å². The van der Waals surface area contributed by atoms with E-state index in [0.29, 0.717) is 21.2 Å². The van der Waals surface area contributed by atoms with Crippen LogP contribution in [0.3, 0.4) is 0 Å². The molecule has 2 N–H and O–H groups in total. The van der Waals surface area contributed by atoms with Crippen LogP contribution >= 0.6 is 22.6 Å². The predicted octanol–water partition coefficient (Wildman–Crippen LogP) is 3.15. The number of carbonyl (C=O) groups excluding carboxylic acids is 2. The van der Waals surface area contributed by atoms with Crippen molar-refractivity contribution in [2.45, 2.75) is 29.3 Å². The molecule has 14 heteroatoms. The number of alkyl halides is 1. The predicted molar refractivity (Wildman–Crippen MR) is 136 cm³/mol. The molecule has 0 bridgehead atoms.